The van der Waals surface area contributed by atoms with Crippen LogP contribution in [0.4, 0.5) is 22.0 Å². The van der Waals surface area contributed by atoms with E-state index in [1.165, 1.54) is 13.0 Å². The Bertz CT molecular complexity index is 543. The summed E-state index contributed by atoms with van der Waals surface area (Å²) in [4.78, 5) is 0. The lowest BCUT2D eigenvalue weighted by atomic mass is 9.79. The highest BCUT2D eigenvalue weighted by atomic mass is 19.4. The van der Waals surface area contributed by atoms with Crippen LogP contribution in [0.25, 0.3) is 0 Å². The standard InChI is InChI=1S/C14H15F5O2/c1-7-9(6-21-13(7,2)14(17,18)19)8-4-5-10(15)11(16)12(8)20-3/h4-5,7,9H,6H2,1-3H3/t7-,9-,13+/m0/s1. The van der Waals surface area contributed by atoms with Crippen molar-refractivity contribution in [2.45, 2.75) is 31.5 Å². The Morgan fingerprint density at radius 2 is 1.90 bits per heavy atom. The lowest BCUT2D eigenvalue weighted by Crippen LogP contribution is -2.46. The van der Waals surface area contributed by atoms with Crippen molar-refractivity contribution in [1.29, 1.82) is 0 Å². The van der Waals surface area contributed by atoms with Crippen molar-refractivity contribution in [3.8, 4) is 5.75 Å². The second kappa shape index (κ2) is 5.12. The van der Waals surface area contributed by atoms with Gasteiger partial charge in [0, 0.05) is 17.4 Å². The van der Waals surface area contributed by atoms with Crippen LogP contribution >= 0.6 is 0 Å². The van der Waals surface area contributed by atoms with Gasteiger partial charge in [-0.15, -0.1) is 0 Å². The van der Waals surface area contributed by atoms with Gasteiger partial charge in [-0.05, 0) is 13.0 Å². The van der Waals surface area contributed by atoms with Crippen LogP contribution in [0, 0.1) is 17.6 Å². The fourth-order valence-electron chi connectivity index (χ4n) is 2.67. The second-order valence-electron chi connectivity index (χ2n) is 5.29. The summed E-state index contributed by atoms with van der Waals surface area (Å²) in [5.41, 5.74) is -2.15. The number of ether oxygens (including phenoxy) is 2. The molecule has 0 saturated carbocycles. The lowest BCUT2D eigenvalue weighted by molar-refractivity contribution is -0.266. The van der Waals surface area contributed by atoms with Gasteiger partial charge in [-0.1, -0.05) is 13.0 Å². The van der Waals surface area contributed by atoms with E-state index in [2.05, 4.69) is 0 Å². The summed E-state index contributed by atoms with van der Waals surface area (Å²) in [7, 11) is 1.14. The second-order valence-corrected chi connectivity index (χ2v) is 5.29. The highest BCUT2D eigenvalue weighted by molar-refractivity contribution is 5.40. The van der Waals surface area contributed by atoms with Crippen LogP contribution in [0.1, 0.15) is 25.3 Å². The molecule has 1 aromatic carbocycles. The first-order valence-corrected chi connectivity index (χ1v) is 6.36. The van der Waals surface area contributed by atoms with Crippen molar-refractivity contribution in [1.82, 2.24) is 0 Å². The third-order valence-corrected chi connectivity index (χ3v) is 4.28. The predicted molar refractivity (Wildman–Crippen MR) is 65.2 cm³/mol. The molecule has 0 aliphatic carbocycles. The molecule has 2 rings (SSSR count). The van der Waals surface area contributed by atoms with E-state index in [0.717, 1.165) is 20.1 Å². The smallest absolute Gasteiger partial charge is 0.417 e. The van der Waals surface area contributed by atoms with Crippen molar-refractivity contribution in [3.63, 3.8) is 0 Å². The molecule has 1 heterocycles. The summed E-state index contributed by atoms with van der Waals surface area (Å²) in [6, 6.07) is 2.12. The maximum Gasteiger partial charge on any atom is 0.417 e. The lowest BCUT2D eigenvalue weighted by Gasteiger charge is -2.32. The Hall–Kier alpha value is -1.37. The third kappa shape index (κ3) is 2.37. The van der Waals surface area contributed by atoms with Crippen LogP contribution in [-0.2, 0) is 4.74 Å². The zero-order valence-corrected chi connectivity index (χ0v) is 11.7. The summed E-state index contributed by atoms with van der Waals surface area (Å²) >= 11 is 0. The Morgan fingerprint density at radius 3 is 2.38 bits per heavy atom. The molecule has 1 aromatic rings. The molecule has 0 amide bonds. The van der Waals surface area contributed by atoms with E-state index in [0.29, 0.717) is 0 Å². The van der Waals surface area contributed by atoms with Crippen molar-refractivity contribution < 1.29 is 31.4 Å². The van der Waals surface area contributed by atoms with Gasteiger partial charge in [0.05, 0.1) is 13.7 Å². The molecule has 1 aliphatic heterocycles. The van der Waals surface area contributed by atoms with Gasteiger partial charge >= 0.3 is 6.18 Å². The number of alkyl halides is 3. The van der Waals surface area contributed by atoms with Gasteiger partial charge in [0.25, 0.3) is 0 Å². The Morgan fingerprint density at radius 1 is 1.29 bits per heavy atom. The molecule has 0 bridgehead atoms. The summed E-state index contributed by atoms with van der Waals surface area (Å²) in [6.07, 6.45) is -4.55. The van der Waals surface area contributed by atoms with Crippen LogP contribution < -0.4 is 4.74 Å². The van der Waals surface area contributed by atoms with Gasteiger partial charge < -0.3 is 9.47 Å². The first-order valence-electron chi connectivity index (χ1n) is 6.36. The first-order chi connectivity index (χ1) is 9.63. The number of hydrogen-bond acceptors (Lipinski definition) is 2. The van der Waals surface area contributed by atoms with Crippen LogP contribution in [0.2, 0.25) is 0 Å². The van der Waals surface area contributed by atoms with Crippen molar-refractivity contribution in [3.05, 3.63) is 29.3 Å². The molecule has 1 saturated heterocycles. The maximum atomic E-state index is 13.7. The molecule has 21 heavy (non-hydrogen) atoms. The summed E-state index contributed by atoms with van der Waals surface area (Å²) < 4.78 is 76.0. The van der Waals surface area contributed by atoms with E-state index < -0.39 is 35.2 Å². The molecule has 0 radical (unpaired) electrons. The normalized spacial score (nSPS) is 29.7. The van der Waals surface area contributed by atoms with E-state index in [1.807, 2.05) is 0 Å². The number of halogens is 5. The molecule has 1 fully saturated rings. The third-order valence-electron chi connectivity index (χ3n) is 4.28. The minimum atomic E-state index is -4.55. The van der Waals surface area contributed by atoms with Gasteiger partial charge in [0.1, 0.15) is 0 Å². The summed E-state index contributed by atoms with van der Waals surface area (Å²) in [5.74, 6) is -4.39. The predicted octanol–water partition coefficient (Wildman–Crippen LogP) is 4.04. The average molecular weight is 310 g/mol. The van der Waals surface area contributed by atoms with E-state index in [4.69, 9.17) is 9.47 Å². The average Bonchev–Trinajstić information content (AvgIpc) is 2.70. The van der Waals surface area contributed by atoms with E-state index in [1.54, 1.807) is 0 Å². The van der Waals surface area contributed by atoms with E-state index in [-0.39, 0.29) is 17.9 Å². The van der Waals surface area contributed by atoms with Gasteiger partial charge in [0.2, 0.25) is 5.82 Å². The highest BCUT2D eigenvalue weighted by Gasteiger charge is 2.61. The van der Waals surface area contributed by atoms with E-state index in [9.17, 15) is 22.0 Å². The highest BCUT2D eigenvalue weighted by Crippen LogP contribution is 2.51. The Balaban J connectivity index is 2.44. The fourth-order valence-corrected chi connectivity index (χ4v) is 2.67. The Kier molecular flexibility index (Phi) is 3.90. The maximum absolute atomic E-state index is 13.7. The van der Waals surface area contributed by atoms with Crippen molar-refractivity contribution >= 4 is 0 Å². The minimum Gasteiger partial charge on any atom is -0.493 e. The topological polar surface area (TPSA) is 18.5 Å². The number of rotatable bonds is 2. The van der Waals surface area contributed by atoms with Gasteiger partial charge in [-0.25, -0.2) is 4.39 Å². The molecule has 0 aromatic heterocycles. The molecule has 0 N–H and O–H groups in total. The zero-order valence-electron chi connectivity index (χ0n) is 11.7. The molecule has 2 nitrogen and oxygen atoms in total. The molecule has 0 unspecified atom stereocenters. The van der Waals surface area contributed by atoms with Crippen molar-refractivity contribution in [2.24, 2.45) is 5.92 Å². The monoisotopic (exact) mass is 310 g/mol. The van der Waals surface area contributed by atoms with Crippen LogP contribution in [-0.4, -0.2) is 25.5 Å². The van der Waals surface area contributed by atoms with Gasteiger partial charge in [-0.3, -0.25) is 0 Å². The SMILES string of the molecule is COc1c([C@H]2CO[C@@](C)(C(F)(F)F)[C@H]2C)ccc(F)c1F. The molecule has 3 atom stereocenters. The Labute approximate surface area is 118 Å². The number of benzene rings is 1. The largest absolute Gasteiger partial charge is 0.493 e. The van der Waals surface area contributed by atoms with Gasteiger partial charge in [0.15, 0.2) is 17.2 Å². The number of methoxy groups -OCH3 is 1. The first kappa shape index (κ1) is 16.0. The quantitative estimate of drug-likeness (QED) is 0.767. The summed E-state index contributed by atoms with van der Waals surface area (Å²) in [5, 5.41) is 0. The van der Waals surface area contributed by atoms with Gasteiger partial charge in [-0.2, -0.15) is 17.6 Å². The zero-order chi connectivity index (χ0) is 16.0. The molecular formula is C14H15F5O2. The van der Waals surface area contributed by atoms with Crippen LogP contribution in [0.15, 0.2) is 12.1 Å². The van der Waals surface area contributed by atoms with E-state index >= 15 is 0 Å². The minimum absolute atomic E-state index is 0.178. The fraction of sp³-hybridized carbons (Fsp3) is 0.571. The van der Waals surface area contributed by atoms with Crippen LogP contribution in [0.3, 0.4) is 0 Å². The summed E-state index contributed by atoms with van der Waals surface area (Å²) in [6.45, 7) is 2.11. The van der Waals surface area contributed by atoms with Crippen molar-refractivity contribution in [2.75, 3.05) is 13.7 Å². The number of hydrogen-bond donors (Lipinski definition) is 0. The molecule has 0 spiro atoms. The molecule has 118 valence electrons. The molecule has 1 aliphatic rings. The molecular weight excluding hydrogens is 295 g/mol. The van der Waals surface area contributed by atoms with Crippen LogP contribution in [0.5, 0.6) is 5.75 Å². The molecule has 7 heteroatoms.